The summed E-state index contributed by atoms with van der Waals surface area (Å²) in [6.45, 7) is 6.42. The highest BCUT2D eigenvalue weighted by Crippen LogP contribution is 2.37. The fourth-order valence-electron chi connectivity index (χ4n) is 4.71. The van der Waals surface area contributed by atoms with Gasteiger partial charge in [-0.25, -0.2) is 9.97 Å². The maximum Gasteiger partial charge on any atom is 0.250 e. The quantitative estimate of drug-likeness (QED) is 0.419. The van der Waals surface area contributed by atoms with Crippen LogP contribution < -0.4 is 15.0 Å². The lowest BCUT2D eigenvalue weighted by atomic mass is 9.99. The van der Waals surface area contributed by atoms with Crippen molar-refractivity contribution in [3.8, 4) is 18.1 Å². The monoisotopic (exact) mass is 481 g/mol. The molecule has 0 unspecified atom stereocenters. The number of hydrogen-bond acceptors (Lipinski definition) is 6. The second-order valence-corrected chi connectivity index (χ2v) is 9.49. The van der Waals surface area contributed by atoms with Crippen molar-refractivity contribution in [2.45, 2.75) is 26.2 Å². The molecule has 0 radical (unpaired) electrons. The third-order valence-electron chi connectivity index (χ3n) is 6.85. The van der Waals surface area contributed by atoms with Crippen LogP contribution in [0.4, 0.5) is 17.2 Å². The van der Waals surface area contributed by atoms with E-state index in [0.29, 0.717) is 24.7 Å². The van der Waals surface area contributed by atoms with E-state index >= 15 is 0 Å². The summed E-state index contributed by atoms with van der Waals surface area (Å²) in [5, 5.41) is 4.15. The molecule has 0 atom stereocenters. The molecule has 2 aliphatic heterocycles. The molecular formula is C29H31N5O2. The van der Waals surface area contributed by atoms with Crippen LogP contribution in [0.1, 0.15) is 31.7 Å². The maximum atomic E-state index is 13.3. The standard InChI is InChI=1S/C29H31N5O2/c1-3-22-7-4-8-23(17-22)32-29-24-18-26-27(19-25(24)30-20-31-29)36-16-6-13-34(26)28(35)9-5-12-33-14-10-21(2)11-15-33/h1,4-5,7-9,17-21H,6,10-16H2,2H3,(H,30,31,32)/b9-5+. The molecule has 3 heterocycles. The number of amides is 1. The Kier molecular flexibility index (Phi) is 7.15. The average Bonchev–Trinajstić information content (AvgIpc) is 3.11. The van der Waals surface area contributed by atoms with Gasteiger partial charge in [0, 0.05) is 41.9 Å². The van der Waals surface area contributed by atoms with Crippen LogP contribution >= 0.6 is 0 Å². The fraction of sp³-hybridized carbons (Fsp3) is 0.345. The van der Waals surface area contributed by atoms with Crippen LogP contribution in [0, 0.1) is 18.3 Å². The first kappa shape index (κ1) is 23.8. The Morgan fingerprint density at radius 1 is 1.22 bits per heavy atom. The SMILES string of the molecule is C#Cc1cccc(Nc2ncnc3cc4c(cc23)N(C(=O)/C=C/CN2CCC(C)CC2)CCCO4)c1. The van der Waals surface area contributed by atoms with Gasteiger partial charge >= 0.3 is 0 Å². The third kappa shape index (κ3) is 5.34. The normalized spacial score (nSPS) is 16.8. The number of nitrogens with zero attached hydrogens (tertiary/aromatic N) is 4. The van der Waals surface area contributed by atoms with Crippen molar-refractivity contribution < 1.29 is 9.53 Å². The molecule has 1 amide bonds. The van der Waals surface area contributed by atoms with E-state index in [1.807, 2.05) is 42.5 Å². The van der Waals surface area contributed by atoms with E-state index in [-0.39, 0.29) is 5.91 Å². The Morgan fingerprint density at radius 3 is 2.92 bits per heavy atom. The number of carbonyl (C=O) groups is 1. The van der Waals surface area contributed by atoms with Gasteiger partial charge in [0.25, 0.3) is 5.91 Å². The molecule has 0 bridgehead atoms. The van der Waals surface area contributed by atoms with Crippen molar-refractivity contribution in [1.29, 1.82) is 0 Å². The van der Waals surface area contributed by atoms with Gasteiger partial charge in [-0.2, -0.15) is 0 Å². The summed E-state index contributed by atoms with van der Waals surface area (Å²) in [6, 6.07) is 11.4. The molecule has 2 aliphatic rings. The van der Waals surface area contributed by atoms with Gasteiger partial charge in [0.2, 0.25) is 0 Å². The van der Waals surface area contributed by atoms with E-state index in [1.54, 1.807) is 11.0 Å². The zero-order chi connectivity index (χ0) is 24.9. The Bertz CT molecular complexity index is 1320. The van der Waals surface area contributed by atoms with Gasteiger partial charge in [0.15, 0.2) is 0 Å². The summed E-state index contributed by atoms with van der Waals surface area (Å²) in [7, 11) is 0. The molecule has 1 saturated heterocycles. The maximum absolute atomic E-state index is 13.3. The van der Waals surface area contributed by atoms with E-state index in [1.165, 1.54) is 19.2 Å². The molecule has 7 nitrogen and oxygen atoms in total. The minimum absolute atomic E-state index is 0.0421. The van der Waals surface area contributed by atoms with Crippen molar-refractivity contribution in [3.05, 3.63) is 60.4 Å². The second-order valence-electron chi connectivity index (χ2n) is 9.49. The summed E-state index contributed by atoms with van der Waals surface area (Å²) in [5.74, 6) is 4.70. The van der Waals surface area contributed by atoms with Crippen LogP contribution in [0.5, 0.6) is 5.75 Å². The van der Waals surface area contributed by atoms with Crippen LogP contribution in [0.3, 0.4) is 0 Å². The molecule has 184 valence electrons. The predicted molar refractivity (Wildman–Crippen MR) is 144 cm³/mol. The zero-order valence-electron chi connectivity index (χ0n) is 20.6. The largest absolute Gasteiger partial charge is 0.491 e. The molecule has 3 aromatic rings. The van der Waals surface area contributed by atoms with Crippen LogP contribution in [-0.4, -0.2) is 53.6 Å². The Morgan fingerprint density at radius 2 is 2.08 bits per heavy atom. The third-order valence-corrected chi connectivity index (χ3v) is 6.85. The number of likely N-dealkylation sites (tertiary alicyclic amines) is 1. The molecule has 1 N–H and O–H groups in total. The summed E-state index contributed by atoms with van der Waals surface area (Å²) in [4.78, 5) is 26.4. The minimum atomic E-state index is -0.0421. The first-order chi connectivity index (χ1) is 17.6. The van der Waals surface area contributed by atoms with E-state index in [2.05, 4.69) is 33.0 Å². The molecule has 5 rings (SSSR count). The molecule has 0 spiro atoms. The summed E-state index contributed by atoms with van der Waals surface area (Å²) < 4.78 is 6.01. The number of nitrogens with one attached hydrogen (secondary N) is 1. The molecule has 7 heteroatoms. The predicted octanol–water partition coefficient (Wildman–Crippen LogP) is 4.76. The minimum Gasteiger partial charge on any atom is -0.491 e. The van der Waals surface area contributed by atoms with Gasteiger partial charge in [0.05, 0.1) is 17.8 Å². The molecule has 0 saturated carbocycles. The van der Waals surface area contributed by atoms with E-state index in [4.69, 9.17) is 11.2 Å². The highest BCUT2D eigenvalue weighted by atomic mass is 16.5. The lowest BCUT2D eigenvalue weighted by Gasteiger charge is -2.29. The number of rotatable bonds is 5. The number of hydrogen-bond donors (Lipinski definition) is 1. The van der Waals surface area contributed by atoms with E-state index in [9.17, 15) is 4.79 Å². The van der Waals surface area contributed by atoms with Gasteiger partial charge in [-0.15, -0.1) is 6.42 Å². The van der Waals surface area contributed by atoms with Crippen molar-refractivity contribution in [3.63, 3.8) is 0 Å². The van der Waals surface area contributed by atoms with Crippen molar-refractivity contribution in [2.75, 3.05) is 43.0 Å². The molecular weight excluding hydrogens is 450 g/mol. The second kappa shape index (κ2) is 10.8. The smallest absolute Gasteiger partial charge is 0.250 e. The molecule has 2 aromatic carbocycles. The highest BCUT2D eigenvalue weighted by Gasteiger charge is 2.23. The van der Waals surface area contributed by atoms with Crippen molar-refractivity contribution in [1.82, 2.24) is 14.9 Å². The number of anilines is 3. The number of aromatic nitrogens is 2. The van der Waals surface area contributed by atoms with Crippen molar-refractivity contribution >= 4 is 34.0 Å². The Hall–Kier alpha value is -3.89. The highest BCUT2D eigenvalue weighted by molar-refractivity contribution is 6.05. The average molecular weight is 482 g/mol. The summed E-state index contributed by atoms with van der Waals surface area (Å²) in [6.07, 6.45) is 14.0. The number of terminal acetylenes is 1. The number of carbonyl (C=O) groups excluding carboxylic acids is 1. The molecule has 1 aromatic heterocycles. The Labute approximate surface area is 212 Å². The number of ether oxygens (including phenoxy) is 1. The molecule has 0 aliphatic carbocycles. The lowest BCUT2D eigenvalue weighted by molar-refractivity contribution is -0.114. The number of piperidine rings is 1. The van der Waals surface area contributed by atoms with Crippen LogP contribution in [0.25, 0.3) is 10.9 Å². The van der Waals surface area contributed by atoms with Crippen LogP contribution in [0.15, 0.2) is 54.9 Å². The van der Waals surface area contributed by atoms with Gasteiger partial charge in [-0.3, -0.25) is 9.69 Å². The van der Waals surface area contributed by atoms with Gasteiger partial charge in [-0.1, -0.05) is 25.0 Å². The molecule has 1 fully saturated rings. The van der Waals surface area contributed by atoms with Crippen molar-refractivity contribution in [2.24, 2.45) is 5.92 Å². The zero-order valence-corrected chi connectivity index (χ0v) is 20.6. The topological polar surface area (TPSA) is 70.6 Å². The summed E-state index contributed by atoms with van der Waals surface area (Å²) in [5.41, 5.74) is 3.09. The first-order valence-electron chi connectivity index (χ1n) is 12.6. The van der Waals surface area contributed by atoms with Crippen LogP contribution in [-0.2, 0) is 4.79 Å². The Balaban J connectivity index is 1.41. The van der Waals surface area contributed by atoms with Gasteiger partial charge in [-0.05, 0) is 62.5 Å². The first-order valence-corrected chi connectivity index (χ1v) is 12.6. The lowest BCUT2D eigenvalue weighted by Crippen LogP contribution is -2.33. The van der Waals surface area contributed by atoms with E-state index in [0.717, 1.165) is 59.8 Å². The van der Waals surface area contributed by atoms with Gasteiger partial charge in [0.1, 0.15) is 17.9 Å². The van der Waals surface area contributed by atoms with E-state index < -0.39 is 0 Å². The molecule has 36 heavy (non-hydrogen) atoms. The summed E-state index contributed by atoms with van der Waals surface area (Å²) >= 11 is 0. The number of fused-ring (bicyclic) bond motifs is 2. The fourth-order valence-corrected chi connectivity index (χ4v) is 4.71. The van der Waals surface area contributed by atoms with Gasteiger partial charge < -0.3 is 15.0 Å². The number of benzene rings is 2. The van der Waals surface area contributed by atoms with Crippen LogP contribution in [0.2, 0.25) is 0 Å².